The third-order valence-electron chi connectivity index (χ3n) is 4.83. The molecule has 0 aliphatic carbocycles. The highest BCUT2D eigenvalue weighted by Crippen LogP contribution is 2.27. The number of nitrogens with one attached hydrogen (secondary N) is 2. The van der Waals surface area contributed by atoms with Crippen molar-refractivity contribution in [1.82, 2.24) is 5.32 Å². The lowest BCUT2D eigenvalue weighted by Crippen LogP contribution is -2.40. The molecule has 27 heavy (non-hydrogen) atoms. The Balaban J connectivity index is 0.00000182. The van der Waals surface area contributed by atoms with Crippen LogP contribution in [0.1, 0.15) is 25.3 Å². The van der Waals surface area contributed by atoms with Gasteiger partial charge in [0.25, 0.3) is 0 Å². The van der Waals surface area contributed by atoms with Crippen molar-refractivity contribution in [1.29, 1.82) is 0 Å². The lowest BCUT2D eigenvalue weighted by Gasteiger charge is -2.28. The average Bonchev–Trinajstić information content (AvgIpc) is 2.63. The third kappa shape index (κ3) is 6.42. The number of anilines is 2. The minimum atomic E-state index is 0. The number of hydrogen-bond acceptors (Lipinski definition) is 3. The predicted octanol–water partition coefficient (Wildman–Crippen LogP) is 4.49. The van der Waals surface area contributed by atoms with Gasteiger partial charge >= 0.3 is 0 Å². The van der Waals surface area contributed by atoms with E-state index in [0.29, 0.717) is 6.04 Å². The first-order valence-electron chi connectivity index (χ1n) is 9.02. The van der Waals surface area contributed by atoms with Crippen molar-refractivity contribution >= 4 is 42.1 Å². The van der Waals surface area contributed by atoms with Crippen molar-refractivity contribution in [2.45, 2.75) is 32.4 Å². The van der Waals surface area contributed by atoms with Gasteiger partial charge in [0.15, 0.2) is 0 Å². The molecule has 0 unspecified atom stereocenters. The molecule has 1 amide bonds. The van der Waals surface area contributed by atoms with E-state index >= 15 is 0 Å². The number of nitrogens with zero attached hydrogens (tertiary/aromatic N) is 1. The van der Waals surface area contributed by atoms with Crippen LogP contribution in [0.25, 0.3) is 0 Å². The first-order chi connectivity index (χ1) is 12.1. The summed E-state index contributed by atoms with van der Waals surface area (Å²) in [5.74, 6) is 0.220. The largest absolute Gasteiger partial charge is 0.369 e. The number of piperidine rings is 1. The number of carbonyl (C=O) groups excluding carboxylic acids is 1. The molecule has 0 radical (unpaired) electrons. The van der Waals surface area contributed by atoms with Crippen LogP contribution in [0.5, 0.6) is 0 Å². The van der Waals surface area contributed by atoms with Crippen LogP contribution in [0.15, 0.2) is 54.6 Å². The number of halogens is 2. The van der Waals surface area contributed by atoms with Gasteiger partial charge in [0.1, 0.15) is 0 Å². The van der Waals surface area contributed by atoms with E-state index in [1.165, 1.54) is 5.56 Å². The highest BCUT2D eigenvalue weighted by molar-refractivity contribution is 5.95. The third-order valence-corrected chi connectivity index (χ3v) is 4.83. The fraction of sp³-hybridized carbons (Fsp3) is 0.381. The van der Waals surface area contributed by atoms with E-state index in [-0.39, 0.29) is 36.6 Å². The summed E-state index contributed by atoms with van der Waals surface area (Å²) in [7, 11) is 2.06. The van der Waals surface area contributed by atoms with Crippen LogP contribution in [0.2, 0.25) is 0 Å². The van der Waals surface area contributed by atoms with Crippen molar-refractivity contribution in [2.24, 2.45) is 5.92 Å². The standard InChI is InChI=1S/C21H27N3O.2ClH/c1-16-14-18(12-13-22-16)21(25)23-19-10-6-7-11-20(19)24(2)15-17-8-4-3-5-9-17;;/h3-11,16,18,22H,12-15H2,1-2H3,(H,23,25);2*1H/t16-,18-;;/m0../s1. The summed E-state index contributed by atoms with van der Waals surface area (Å²) >= 11 is 0. The monoisotopic (exact) mass is 409 g/mol. The fourth-order valence-electron chi connectivity index (χ4n) is 3.46. The van der Waals surface area contributed by atoms with Gasteiger partial charge in [-0.15, -0.1) is 24.8 Å². The van der Waals surface area contributed by atoms with Gasteiger partial charge in [-0.05, 0) is 44.0 Å². The van der Waals surface area contributed by atoms with Gasteiger partial charge in [0, 0.05) is 25.6 Å². The first kappa shape index (κ1) is 23.3. The second-order valence-electron chi connectivity index (χ2n) is 6.92. The zero-order chi connectivity index (χ0) is 17.6. The average molecular weight is 410 g/mol. The maximum absolute atomic E-state index is 12.7. The van der Waals surface area contributed by atoms with Crippen LogP contribution >= 0.6 is 24.8 Å². The van der Waals surface area contributed by atoms with Crippen molar-refractivity contribution in [3.05, 3.63) is 60.2 Å². The molecule has 0 aromatic heterocycles. The molecule has 2 atom stereocenters. The molecular weight excluding hydrogens is 381 g/mol. The second kappa shape index (κ2) is 11.2. The Hall–Kier alpha value is -1.75. The van der Waals surface area contributed by atoms with Crippen LogP contribution in [-0.2, 0) is 11.3 Å². The number of hydrogen-bond donors (Lipinski definition) is 2. The molecular formula is C21H29Cl2N3O. The Kier molecular flexibility index (Phi) is 9.64. The molecule has 6 heteroatoms. The van der Waals surface area contributed by atoms with Gasteiger partial charge in [0.2, 0.25) is 5.91 Å². The number of carbonyl (C=O) groups is 1. The zero-order valence-corrected chi connectivity index (χ0v) is 17.5. The van der Waals surface area contributed by atoms with E-state index in [2.05, 4.69) is 59.8 Å². The fourth-order valence-corrected chi connectivity index (χ4v) is 3.46. The van der Waals surface area contributed by atoms with Gasteiger partial charge in [-0.2, -0.15) is 0 Å². The Morgan fingerprint density at radius 3 is 2.48 bits per heavy atom. The zero-order valence-electron chi connectivity index (χ0n) is 15.9. The van der Waals surface area contributed by atoms with E-state index in [1.54, 1.807) is 0 Å². The maximum Gasteiger partial charge on any atom is 0.227 e. The molecule has 1 heterocycles. The molecule has 3 rings (SSSR count). The van der Waals surface area contributed by atoms with Gasteiger partial charge in [-0.1, -0.05) is 42.5 Å². The summed E-state index contributed by atoms with van der Waals surface area (Å²) in [6.45, 7) is 3.86. The molecule has 2 N–H and O–H groups in total. The maximum atomic E-state index is 12.7. The Morgan fingerprint density at radius 1 is 1.11 bits per heavy atom. The van der Waals surface area contributed by atoms with E-state index in [4.69, 9.17) is 0 Å². The first-order valence-corrected chi connectivity index (χ1v) is 9.02. The minimum absolute atomic E-state index is 0. The summed E-state index contributed by atoms with van der Waals surface area (Å²) in [5, 5.41) is 6.56. The Morgan fingerprint density at radius 2 is 1.78 bits per heavy atom. The van der Waals surface area contributed by atoms with E-state index in [1.807, 2.05) is 24.3 Å². The number of benzene rings is 2. The van der Waals surface area contributed by atoms with E-state index in [0.717, 1.165) is 37.3 Å². The van der Waals surface area contributed by atoms with E-state index < -0.39 is 0 Å². The molecule has 0 spiro atoms. The summed E-state index contributed by atoms with van der Waals surface area (Å²) in [5.41, 5.74) is 3.18. The molecule has 0 bridgehead atoms. The number of rotatable bonds is 5. The topological polar surface area (TPSA) is 44.4 Å². The quantitative estimate of drug-likeness (QED) is 0.763. The van der Waals surface area contributed by atoms with Crippen LogP contribution in [0.3, 0.4) is 0 Å². The summed E-state index contributed by atoms with van der Waals surface area (Å²) < 4.78 is 0. The molecule has 2 aromatic rings. The normalized spacial score (nSPS) is 18.6. The smallest absolute Gasteiger partial charge is 0.227 e. The van der Waals surface area contributed by atoms with Crippen LogP contribution in [0, 0.1) is 5.92 Å². The number of amides is 1. The molecule has 4 nitrogen and oxygen atoms in total. The molecule has 1 aliphatic heterocycles. The van der Waals surface area contributed by atoms with E-state index in [9.17, 15) is 4.79 Å². The molecule has 1 saturated heterocycles. The summed E-state index contributed by atoms with van der Waals surface area (Å²) in [4.78, 5) is 14.9. The second-order valence-corrected chi connectivity index (χ2v) is 6.92. The van der Waals surface area contributed by atoms with Crippen LogP contribution in [0.4, 0.5) is 11.4 Å². The lowest BCUT2D eigenvalue weighted by molar-refractivity contribution is -0.120. The predicted molar refractivity (Wildman–Crippen MR) is 118 cm³/mol. The highest BCUT2D eigenvalue weighted by atomic mass is 35.5. The molecule has 2 aromatic carbocycles. The van der Waals surface area contributed by atoms with Crippen molar-refractivity contribution in [3.63, 3.8) is 0 Å². The lowest BCUT2D eigenvalue weighted by atomic mass is 9.92. The van der Waals surface area contributed by atoms with Gasteiger partial charge < -0.3 is 15.5 Å². The Labute approximate surface area is 174 Å². The van der Waals surface area contributed by atoms with Gasteiger partial charge in [-0.3, -0.25) is 4.79 Å². The number of para-hydroxylation sites is 2. The molecule has 0 saturated carbocycles. The highest BCUT2D eigenvalue weighted by Gasteiger charge is 2.25. The summed E-state index contributed by atoms with van der Waals surface area (Å²) in [6.07, 6.45) is 1.80. The van der Waals surface area contributed by atoms with Gasteiger partial charge in [0.05, 0.1) is 11.4 Å². The minimum Gasteiger partial charge on any atom is -0.369 e. The Bertz CT molecular complexity index is 712. The molecule has 148 valence electrons. The molecule has 1 aliphatic rings. The van der Waals surface area contributed by atoms with Crippen molar-refractivity contribution in [3.8, 4) is 0 Å². The van der Waals surface area contributed by atoms with Crippen molar-refractivity contribution < 1.29 is 4.79 Å². The molecule has 1 fully saturated rings. The van der Waals surface area contributed by atoms with Crippen molar-refractivity contribution in [2.75, 3.05) is 23.8 Å². The SMILES string of the molecule is C[C@H]1C[C@@H](C(=O)Nc2ccccc2N(C)Cc2ccccc2)CCN1.Cl.Cl. The summed E-state index contributed by atoms with van der Waals surface area (Å²) in [6, 6.07) is 18.8. The van der Waals surface area contributed by atoms with Gasteiger partial charge in [-0.25, -0.2) is 0 Å². The van der Waals surface area contributed by atoms with Crippen LogP contribution < -0.4 is 15.5 Å². The van der Waals surface area contributed by atoms with Crippen LogP contribution in [-0.4, -0.2) is 25.5 Å².